The van der Waals surface area contributed by atoms with Crippen LogP contribution in [-0.4, -0.2) is 40.7 Å². The molecule has 1 aromatic carbocycles. The van der Waals surface area contributed by atoms with Crippen molar-refractivity contribution < 1.29 is 13.9 Å². The number of nitrogens with zero attached hydrogens (tertiary/aromatic N) is 3. The quantitative estimate of drug-likeness (QED) is 0.848. The topological polar surface area (TPSA) is 68.5 Å². The van der Waals surface area contributed by atoms with Crippen molar-refractivity contribution in [2.45, 2.75) is 38.1 Å². The zero-order chi connectivity index (χ0) is 16.1. The lowest BCUT2D eigenvalue weighted by Crippen LogP contribution is -2.40. The third-order valence-corrected chi connectivity index (χ3v) is 4.34. The molecule has 1 amide bonds. The molecule has 23 heavy (non-hydrogen) atoms. The van der Waals surface area contributed by atoms with E-state index in [0.717, 1.165) is 18.4 Å². The molecule has 1 saturated carbocycles. The van der Waals surface area contributed by atoms with E-state index in [-0.39, 0.29) is 12.5 Å². The molecule has 6 heteroatoms. The molecule has 6 nitrogen and oxygen atoms in total. The number of ether oxygens (including phenoxy) is 1. The van der Waals surface area contributed by atoms with E-state index < -0.39 is 0 Å². The van der Waals surface area contributed by atoms with Crippen LogP contribution in [0.3, 0.4) is 0 Å². The van der Waals surface area contributed by atoms with Gasteiger partial charge in [-0.3, -0.25) is 4.79 Å². The molecule has 1 heterocycles. The lowest BCUT2D eigenvalue weighted by atomic mass is 9.94. The lowest BCUT2D eigenvalue weighted by Gasteiger charge is -2.31. The molecule has 1 aliphatic carbocycles. The molecule has 0 atom stereocenters. The normalized spacial score (nSPS) is 15.3. The van der Waals surface area contributed by atoms with Crippen LogP contribution < -0.4 is 4.74 Å². The number of carbonyl (C=O) groups excluding carboxylic acids is 1. The van der Waals surface area contributed by atoms with E-state index in [1.807, 2.05) is 24.1 Å². The second-order valence-electron chi connectivity index (χ2n) is 5.85. The van der Waals surface area contributed by atoms with Gasteiger partial charge >= 0.3 is 0 Å². The molecule has 2 aromatic rings. The van der Waals surface area contributed by atoms with Gasteiger partial charge in [0, 0.05) is 18.7 Å². The maximum Gasteiger partial charge on any atom is 0.260 e. The van der Waals surface area contributed by atoms with Crippen molar-refractivity contribution in [2.24, 2.45) is 0 Å². The number of benzene rings is 1. The Kier molecular flexibility index (Phi) is 4.90. The largest absolute Gasteiger partial charge is 0.484 e. The van der Waals surface area contributed by atoms with Gasteiger partial charge in [0.05, 0.1) is 0 Å². The minimum absolute atomic E-state index is 0.0258. The van der Waals surface area contributed by atoms with Gasteiger partial charge in [0.2, 0.25) is 12.3 Å². The molecule has 3 rings (SSSR count). The van der Waals surface area contributed by atoms with Gasteiger partial charge in [0.25, 0.3) is 5.91 Å². The van der Waals surface area contributed by atoms with E-state index in [4.69, 9.17) is 9.15 Å². The third-order valence-electron chi connectivity index (χ3n) is 4.34. The molecule has 0 spiro atoms. The fourth-order valence-electron chi connectivity index (χ4n) is 2.91. The lowest BCUT2D eigenvalue weighted by molar-refractivity contribution is -0.134. The summed E-state index contributed by atoms with van der Waals surface area (Å²) in [6.45, 7) is 0.0624. The summed E-state index contributed by atoms with van der Waals surface area (Å²) >= 11 is 0. The monoisotopic (exact) mass is 315 g/mol. The van der Waals surface area contributed by atoms with Crippen LogP contribution in [0.4, 0.5) is 0 Å². The first-order valence-corrected chi connectivity index (χ1v) is 7.99. The molecule has 0 saturated heterocycles. The molecule has 0 radical (unpaired) electrons. The second-order valence-corrected chi connectivity index (χ2v) is 5.85. The second kappa shape index (κ2) is 7.26. The Bertz CT molecular complexity index is 619. The van der Waals surface area contributed by atoms with Crippen LogP contribution in [0, 0.1) is 0 Å². The highest BCUT2D eigenvalue weighted by atomic mass is 16.5. The van der Waals surface area contributed by atoms with Crippen molar-refractivity contribution in [1.29, 1.82) is 0 Å². The van der Waals surface area contributed by atoms with Crippen LogP contribution >= 0.6 is 0 Å². The van der Waals surface area contributed by atoms with Gasteiger partial charge in [-0.05, 0) is 37.1 Å². The van der Waals surface area contributed by atoms with Crippen LogP contribution in [-0.2, 0) is 4.79 Å². The highest BCUT2D eigenvalue weighted by molar-refractivity contribution is 5.77. The Morgan fingerprint density at radius 1 is 1.26 bits per heavy atom. The zero-order valence-corrected chi connectivity index (χ0v) is 13.3. The van der Waals surface area contributed by atoms with Crippen LogP contribution in [0.5, 0.6) is 5.75 Å². The van der Waals surface area contributed by atoms with Crippen LogP contribution in [0.2, 0.25) is 0 Å². The minimum Gasteiger partial charge on any atom is -0.484 e. The average Bonchev–Trinajstić information content (AvgIpc) is 3.15. The fraction of sp³-hybridized carbons (Fsp3) is 0.471. The molecule has 0 N–H and O–H groups in total. The van der Waals surface area contributed by atoms with Gasteiger partial charge < -0.3 is 14.1 Å². The Morgan fingerprint density at radius 3 is 2.65 bits per heavy atom. The number of amides is 1. The first-order chi connectivity index (χ1) is 11.2. The Labute approximate surface area is 135 Å². The number of carbonyl (C=O) groups is 1. The summed E-state index contributed by atoms with van der Waals surface area (Å²) in [7, 11) is 1.88. The molecule has 1 fully saturated rings. The predicted molar refractivity (Wildman–Crippen MR) is 84.9 cm³/mol. The Hall–Kier alpha value is -2.37. The van der Waals surface area contributed by atoms with E-state index >= 15 is 0 Å². The number of hydrogen-bond acceptors (Lipinski definition) is 5. The van der Waals surface area contributed by atoms with Crippen molar-refractivity contribution in [1.82, 2.24) is 15.1 Å². The average molecular weight is 315 g/mol. The van der Waals surface area contributed by atoms with Gasteiger partial charge in [-0.2, -0.15) is 0 Å². The molecule has 0 aliphatic heterocycles. The summed E-state index contributed by atoms with van der Waals surface area (Å²) < 4.78 is 10.7. The highest BCUT2D eigenvalue weighted by Gasteiger charge is 2.22. The first-order valence-electron chi connectivity index (χ1n) is 7.99. The SMILES string of the molecule is CN(C(=O)COc1ccc(-c2nnco2)cc1)C1CCCCC1. The van der Waals surface area contributed by atoms with Crippen molar-refractivity contribution in [3.63, 3.8) is 0 Å². The minimum atomic E-state index is 0.0258. The van der Waals surface area contributed by atoms with E-state index in [0.29, 0.717) is 17.7 Å². The van der Waals surface area contributed by atoms with Crippen molar-refractivity contribution in [2.75, 3.05) is 13.7 Å². The van der Waals surface area contributed by atoms with Crippen LogP contribution in [0.1, 0.15) is 32.1 Å². The number of aromatic nitrogens is 2. The van der Waals surface area contributed by atoms with E-state index in [1.165, 1.54) is 25.7 Å². The first kappa shape index (κ1) is 15.5. The third kappa shape index (κ3) is 3.88. The predicted octanol–water partition coefficient (Wildman–Crippen LogP) is 2.91. The molecular weight excluding hydrogens is 294 g/mol. The number of likely N-dealkylation sites (N-methyl/N-ethyl adjacent to an activating group) is 1. The maximum atomic E-state index is 12.2. The van der Waals surface area contributed by atoms with Gasteiger partial charge in [0.15, 0.2) is 6.61 Å². The van der Waals surface area contributed by atoms with Crippen LogP contribution in [0.25, 0.3) is 11.5 Å². The van der Waals surface area contributed by atoms with Crippen molar-refractivity contribution in [3.05, 3.63) is 30.7 Å². The van der Waals surface area contributed by atoms with E-state index in [9.17, 15) is 4.79 Å². The van der Waals surface area contributed by atoms with Gasteiger partial charge in [-0.15, -0.1) is 10.2 Å². The zero-order valence-electron chi connectivity index (χ0n) is 13.3. The van der Waals surface area contributed by atoms with Gasteiger partial charge in [0.1, 0.15) is 5.75 Å². The van der Waals surface area contributed by atoms with Crippen LogP contribution in [0.15, 0.2) is 35.1 Å². The molecular formula is C17H21N3O3. The molecule has 1 aliphatic rings. The smallest absolute Gasteiger partial charge is 0.260 e. The maximum absolute atomic E-state index is 12.2. The summed E-state index contributed by atoms with van der Waals surface area (Å²) in [6, 6.07) is 7.62. The van der Waals surface area contributed by atoms with E-state index in [2.05, 4.69) is 10.2 Å². The Balaban J connectivity index is 1.52. The number of rotatable bonds is 5. The fourth-order valence-corrected chi connectivity index (χ4v) is 2.91. The summed E-state index contributed by atoms with van der Waals surface area (Å²) in [5, 5.41) is 7.49. The highest BCUT2D eigenvalue weighted by Crippen LogP contribution is 2.22. The van der Waals surface area contributed by atoms with Gasteiger partial charge in [-0.1, -0.05) is 19.3 Å². The standard InChI is InChI=1S/C17H21N3O3/c1-20(14-5-3-2-4-6-14)16(21)11-22-15-9-7-13(8-10-15)17-19-18-12-23-17/h7-10,12,14H,2-6,11H2,1H3. The van der Waals surface area contributed by atoms with Crippen molar-refractivity contribution in [3.8, 4) is 17.2 Å². The summed E-state index contributed by atoms with van der Waals surface area (Å²) in [4.78, 5) is 14.1. The van der Waals surface area contributed by atoms with Crippen molar-refractivity contribution >= 4 is 5.91 Å². The summed E-state index contributed by atoms with van der Waals surface area (Å²) in [5.74, 6) is 1.14. The molecule has 122 valence electrons. The molecule has 0 unspecified atom stereocenters. The Morgan fingerprint density at radius 2 is 2.00 bits per heavy atom. The van der Waals surface area contributed by atoms with Gasteiger partial charge in [-0.25, -0.2) is 0 Å². The van der Waals surface area contributed by atoms with E-state index in [1.54, 1.807) is 12.1 Å². The summed E-state index contributed by atoms with van der Waals surface area (Å²) in [6.07, 6.45) is 7.18. The summed E-state index contributed by atoms with van der Waals surface area (Å²) in [5.41, 5.74) is 0.820. The molecule has 1 aromatic heterocycles. The number of hydrogen-bond donors (Lipinski definition) is 0. The molecule has 0 bridgehead atoms.